The molecule has 68 valence electrons. The van der Waals surface area contributed by atoms with E-state index in [-0.39, 0.29) is 6.04 Å². The van der Waals surface area contributed by atoms with E-state index >= 15 is 0 Å². The molecule has 0 radical (unpaired) electrons. The Labute approximate surface area is 77.4 Å². The van der Waals surface area contributed by atoms with Gasteiger partial charge in [0.1, 0.15) is 0 Å². The van der Waals surface area contributed by atoms with Crippen molar-refractivity contribution in [3.63, 3.8) is 0 Å². The lowest BCUT2D eigenvalue weighted by Crippen LogP contribution is -2.21. The maximum Gasteiger partial charge on any atom is 0.155 e. The van der Waals surface area contributed by atoms with E-state index in [1.54, 1.807) is 12.4 Å². The standard InChI is InChI=1S/C10H12N2O/c1-12-6-4-9(13)10(12)8-3-2-5-11-7-8/h2-3,5,7,10H,4,6H2,1H3. The number of aromatic nitrogens is 1. The third-order valence-electron chi connectivity index (χ3n) is 2.46. The topological polar surface area (TPSA) is 33.2 Å². The van der Waals surface area contributed by atoms with Crippen LogP contribution in [0.3, 0.4) is 0 Å². The number of hydrogen-bond donors (Lipinski definition) is 0. The summed E-state index contributed by atoms with van der Waals surface area (Å²) in [6.07, 6.45) is 4.16. The van der Waals surface area contributed by atoms with E-state index in [4.69, 9.17) is 0 Å². The summed E-state index contributed by atoms with van der Waals surface area (Å²) in [5, 5.41) is 0. The molecule has 0 N–H and O–H groups in total. The fourth-order valence-electron chi connectivity index (χ4n) is 1.78. The van der Waals surface area contributed by atoms with Crippen molar-refractivity contribution >= 4 is 5.78 Å². The molecule has 0 aliphatic carbocycles. The van der Waals surface area contributed by atoms with Crippen LogP contribution in [0.25, 0.3) is 0 Å². The van der Waals surface area contributed by atoms with Crippen LogP contribution in [0, 0.1) is 0 Å². The van der Waals surface area contributed by atoms with Gasteiger partial charge < -0.3 is 0 Å². The van der Waals surface area contributed by atoms with Crippen LogP contribution in [0.4, 0.5) is 0 Å². The summed E-state index contributed by atoms with van der Waals surface area (Å²) >= 11 is 0. The lowest BCUT2D eigenvalue weighted by Gasteiger charge is -2.17. The van der Waals surface area contributed by atoms with Gasteiger partial charge in [0.15, 0.2) is 5.78 Å². The van der Waals surface area contributed by atoms with E-state index in [2.05, 4.69) is 9.88 Å². The van der Waals surface area contributed by atoms with Crippen molar-refractivity contribution in [2.24, 2.45) is 0 Å². The molecule has 1 saturated heterocycles. The third-order valence-corrected chi connectivity index (χ3v) is 2.46. The highest BCUT2D eigenvalue weighted by atomic mass is 16.1. The normalized spacial score (nSPS) is 23.8. The van der Waals surface area contributed by atoms with E-state index in [9.17, 15) is 4.79 Å². The maximum absolute atomic E-state index is 11.5. The molecule has 1 aliphatic heterocycles. The smallest absolute Gasteiger partial charge is 0.155 e. The lowest BCUT2D eigenvalue weighted by atomic mass is 10.1. The molecule has 13 heavy (non-hydrogen) atoms. The second-order valence-corrected chi connectivity index (χ2v) is 3.39. The predicted molar refractivity (Wildman–Crippen MR) is 49.2 cm³/mol. The van der Waals surface area contributed by atoms with Crippen molar-refractivity contribution in [1.82, 2.24) is 9.88 Å². The Morgan fingerprint density at radius 1 is 1.62 bits per heavy atom. The van der Waals surface area contributed by atoms with Crippen LogP contribution in [0.5, 0.6) is 0 Å². The van der Waals surface area contributed by atoms with Gasteiger partial charge in [-0.2, -0.15) is 0 Å². The van der Waals surface area contributed by atoms with Crippen molar-refractivity contribution in [3.8, 4) is 0 Å². The zero-order valence-electron chi connectivity index (χ0n) is 7.60. The quantitative estimate of drug-likeness (QED) is 0.640. The number of Topliss-reactive ketones (excluding diaryl/α,β-unsaturated/α-hetero) is 1. The zero-order chi connectivity index (χ0) is 9.26. The molecular formula is C10H12N2O. The summed E-state index contributed by atoms with van der Waals surface area (Å²) in [7, 11) is 1.97. The molecule has 3 heteroatoms. The Hall–Kier alpha value is -1.22. The van der Waals surface area contributed by atoms with Gasteiger partial charge >= 0.3 is 0 Å². The van der Waals surface area contributed by atoms with E-state index in [0.29, 0.717) is 12.2 Å². The van der Waals surface area contributed by atoms with Gasteiger partial charge in [0.25, 0.3) is 0 Å². The molecule has 0 amide bonds. The molecule has 1 unspecified atom stereocenters. The number of ketones is 1. The Morgan fingerprint density at radius 2 is 2.46 bits per heavy atom. The zero-order valence-corrected chi connectivity index (χ0v) is 7.60. The van der Waals surface area contributed by atoms with E-state index in [0.717, 1.165) is 12.1 Å². The fourth-order valence-corrected chi connectivity index (χ4v) is 1.78. The van der Waals surface area contributed by atoms with Crippen molar-refractivity contribution in [1.29, 1.82) is 0 Å². The number of likely N-dealkylation sites (N-methyl/N-ethyl adjacent to an activating group) is 1. The van der Waals surface area contributed by atoms with Crippen molar-refractivity contribution in [3.05, 3.63) is 30.1 Å². The number of rotatable bonds is 1. The minimum absolute atomic E-state index is 0.0614. The molecule has 2 rings (SSSR count). The Bertz CT molecular complexity index is 310. The number of pyridine rings is 1. The molecule has 1 aromatic heterocycles. The van der Waals surface area contributed by atoms with Crippen molar-refractivity contribution in [2.45, 2.75) is 12.5 Å². The average Bonchev–Trinajstić information content (AvgIpc) is 2.48. The van der Waals surface area contributed by atoms with Gasteiger partial charge in [-0.1, -0.05) is 6.07 Å². The summed E-state index contributed by atoms with van der Waals surface area (Å²) in [5.41, 5.74) is 1.01. The molecule has 1 fully saturated rings. The molecule has 1 aliphatic rings. The highest BCUT2D eigenvalue weighted by Gasteiger charge is 2.30. The predicted octanol–water partition coefficient (Wildman–Crippen LogP) is 1.03. The maximum atomic E-state index is 11.5. The molecule has 1 atom stereocenters. The number of carbonyl (C=O) groups excluding carboxylic acids is 1. The SMILES string of the molecule is CN1CCC(=O)C1c1cccnc1. The molecule has 1 aromatic rings. The van der Waals surface area contributed by atoms with Crippen molar-refractivity contribution in [2.75, 3.05) is 13.6 Å². The van der Waals surface area contributed by atoms with Gasteiger partial charge in [-0.25, -0.2) is 0 Å². The van der Waals surface area contributed by atoms with Crippen LogP contribution in [-0.2, 0) is 4.79 Å². The van der Waals surface area contributed by atoms with Gasteiger partial charge in [-0.15, -0.1) is 0 Å². The monoisotopic (exact) mass is 176 g/mol. The molecule has 0 aromatic carbocycles. The van der Waals surface area contributed by atoms with Crippen molar-refractivity contribution < 1.29 is 4.79 Å². The Morgan fingerprint density at radius 3 is 3.00 bits per heavy atom. The average molecular weight is 176 g/mol. The molecule has 0 spiro atoms. The number of hydrogen-bond acceptors (Lipinski definition) is 3. The van der Waals surface area contributed by atoms with Crippen LogP contribution >= 0.6 is 0 Å². The molecule has 0 bridgehead atoms. The number of nitrogens with zero attached hydrogens (tertiary/aromatic N) is 2. The first-order valence-electron chi connectivity index (χ1n) is 4.42. The highest BCUT2D eigenvalue weighted by Crippen LogP contribution is 2.26. The number of carbonyl (C=O) groups is 1. The summed E-state index contributed by atoms with van der Waals surface area (Å²) in [5.74, 6) is 0.301. The first-order valence-corrected chi connectivity index (χ1v) is 4.42. The Balaban J connectivity index is 2.30. The van der Waals surface area contributed by atoms with Crippen LogP contribution in [-0.4, -0.2) is 29.3 Å². The lowest BCUT2D eigenvalue weighted by molar-refractivity contribution is -0.119. The Kier molecular flexibility index (Phi) is 2.10. The minimum Gasteiger partial charge on any atom is -0.297 e. The number of likely N-dealkylation sites (tertiary alicyclic amines) is 1. The van der Waals surface area contributed by atoms with Gasteiger partial charge in [0.05, 0.1) is 6.04 Å². The van der Waals surface area contributed by atoms with Gasteiger partial charge in [0, 0.05) is 25.4 Å². The van der Waals surface area contributed by atoms with E-state index in [1.165, 1.54) is 0 Å². The highest BCUT2D eigenvalue weighted by molar-refractivity contribution is 5.87. The fraction of sp³-hybridized carbons (Fsp3) is 0.400. The largest absolute Gasteiger partial charge is 0.297 e. The second kappa shape index (κ2) is 3.26. The molecular weight excluding hydrogens is 164 g/mol. The first-order chi connectivity index (χ1) is 6.29. The summed E-state index contributed by atoms with van der Waals surface area (Å²) in [6.45, 7) is 0.860. The van der Waals surface area contributed by atoms with E-state index < -0.39 is 0 Å². The molecule has 2 heterocycles. The van der Waals surface area contributed by atoms with Gasteiger partial charge in [0.2, 0.25) is 0 Å². The molecule has 3 nitrogen and oxygen atoms in total. The van der Waals surface area contributed by atoms with Gasteiger partial charge in [-0.3, -0.25) is 14.7 Å². The second-order valence-electron chi connectivity index (χ2n) is 3.39. The first kappa shape index (κ1) is 8.38. The van der Waals surface area contributed by atoms with Gasteiger partial charge in [-0.05, 0) is 18.7 Å². The summed E-state index contributed by atoms with van der Waals surface area (Å²) < 4.78 is 0. The summed E-state index contributed by atoms with van der Waals surface area (Å²) in [6, 6.07) is 3.76. The minimum atomic E-state index is -0.0614. The third kappa shape index (κ3) is 1.47. The molecule has 0 saturated carbocycles. The van der Waals surface area contributed by atoms with Crippen LogP contribution in [0.15, 0.2) is 24.5 Å². The van der Waals surface area contributed by atoms with E-state index in [1.807, 2.05) is 19.2 Å². The summed E-state index contributed by atoms with van der Waals surface area (Å²) in [4.78, 5) is 17.6. The van der Waals surface area contributed by atoms with Crippen LogP contribution in [0.2, 0.25) is 0 Å². The van der Waals surface area contributed by atoms with Crippen LogP contribution in [0.1, 0.15) is 18.0 Å². The van der Waals surface area contributed by atoms with Crippen LogP contribution < -0.4 is 0 Å².